The van der Waals surface area contributed by atoms with E-state index in [1.807, 2.05) is 0 Å². The predicted molar refractivity (Wildman–Crippen MR) is 73.0 cm³/mol. The highest BCUT2D eigenvalue weighted by Crippen LogP contribution is 2.30. The second-order valence-electron chi connectivity index (χ2n) is 4.93. The van der Waals surface area contributed by atoms with Gasteiger partial charge in [-0.05, 0) is 36.4 Å². The van der Waals surface area contributed by atoms with Crippen LogP contribution in [0, 0.1) is 11.6 Å². The van der Waals surface area contributed by atoms with Crippen molar-refractivity contribution in [2.75, 3.05) is 5.75 Å². The molecule has 0 N–H and O–H groups in total. The number of hydrogen-bond acceptors (Lipinski definition) is 3. The van der Waals surface area contributed by atoms with Crippen LogP contribution in [0.2, 0.25) is 0 Å². The van der Waals surface area contributed by atoms with Crippen LogP contribution in [0.1, 0.15) is 5.56 Å². The molecular formula is C15H12F2O3S. The van der Waals surface area contributed by atoms with Gasteiger partial charge in [0.1, 0.15) is 23.5 Å². The van der Waals surface area contributed by atoms with E-state index in [0.717, 1.165) is 6.07 Å². The topological polar surface area (TPSA) is 43.4 Å². The minimum absolute atomic E-state index is 0.0757. The summed E-state index contributed by atoms with van der Waals surface area (Å²) in [4.78, 5) is -0.0757. The zero-order valence-electron chi connectivity index (χ0n) is 10.9. The molecule has 1 atom stereocenters. The number of fused-ring (bicyclic) bond motifs is 1. The molecule has 0 amide bonds. The molecule has 0 radical (unpaired) electrons. The molecule has 1 aliphatic heterocycles. The Labute approximate surface area is 121 Å². The van der Waals surface area contributed by atoms with E-state index in [-0.39, 0.29) is 16.5 Å². The molecule has 0 aromatic heterocycles. The number of rotatable bonds is 3. The molecule has 0 saturated heterocycles. The monoisotopic (exact) mass is 310 g/mol. The van der Waals surface area contributed by atoms with Crippen LogP contribution in [0.5, 0.6) is 5.75 Å². The molecule has 2 aromatic rings. The van der Waals surface area contributed by atoms with E-state index in [4.69, 9.17) is 4.74 Å². The van der Waals surface area contributed by atoms with E-state index in [0.29, 0.717) is 17.7 Å². The molecule has 0 fully saturated rings. The van der Waals surface area contributed by atoms with E-state index in [1.165, 1.54) is 36.4 Å². The molecule has 110 valence electrons. The van der Waals surface area contributed by atoms with Crippen LogP contribution < -0.4 is 4.74 Å². The molecule has 1 aliphatic rings. The zero-order valence-corrected chi connectivity index (χ0v) is 11.7. The Bertz CT molecular complexity index is 787. The van der Waals surface area contributed by atoms with Gasteiger partial charge in [-0.15, -0.1) is 0 Å². The third-order valence-electron chi connectivity index (χ3n) is 3.32. The Morgan fingerprint density at radius 3 is 2.62 bits per heavy atom. The first kappa shape index (κ1) is 14.0. The van der Waals surface area contributed by atoms with Crippen molar-refractivity contribution in [2.45, 2.75) is 17.4 Å². The molecule has 21 heavy (non-hydrogen) atoms. The second kappa shape index (κ2) is 5.11. The Morgan fingerprint density at radius 1 is 1.10 bits per heavy atom. The van der Waals surface area contributed by atoms with Crippen LogP contribution in [-0.4, -0.2) is 20.3 Å². The summed E-state index contributed by atoms with van der Waals surface area (Å²) in [6.07, 6.45) is -0.267. The SMILES string of the molecule is O=S(=O)(CC1Cc2cc(F)ccc2O1)c1cccc(F)c1. The molecule has 1 heterocycles. The van der Waals surface area contributed by atoms with Gasteiger partial charge in [0, 0.05) is 12.0 Å². The second-order valence-corrected chi connectivity index (χ2v) is 6.97. The lowest BCUT2D eigenvalue weighted by molar-refractivity contribution is 0.256. The van der Waals surface area contributed by atoms with Crippen molar-refractivity contribution in [3.05, 3.63) is 59.7 Å². The van der Waals surface area contributed by atoms with Crippen molar-refractivity contribution in [3.8, 4) is 5.75 Å². The Hall–Kier alpha value is -1.95. The van der Waals surface area contributed by atoms with Crippen LogP contribution in [0.3, 0.4) is 0 Å². The van der Waals surface area contributed by atoms with Crippen molar-refractivity contribution in [3.63, 3.8) is 0 Å². The normalized spacial score (nSPS) is 17.3. The minimum atomic E-state index is -3.65. The van der Waals surface area contributed by atoms with Gasteiger partial charge in [0.25, 0.3) is 0 Å². The van der Waals surface area contributed by atoms with Crippen molar-refractivity contribution in [2.24, 2.45) is 0 Å². The largest absolute Gasteiger partial charge is 0.489 e. The lowest BCUT2D eigenvalue weighted by Gasteiger charge is -2.11. The quantitative estimate of drug-likeness (QED) is 0.875. The molecule has 6 heteroatoms. The molecule has 1 unspecified atom stereocenters. The maximum Gasteiger partial charge on any atom is 0.182 e. The molecule has 0 aliphatic carbocycles. The first-order valence-corrected chi connectivity index (χ1v) is 8.03. The van der Waals surface area contributed by atoms with Crippen molar-refractivity contribution < 1.29 is 21.9 Å². The maximum absolute atomic E-state index is 13.1. The molecule has 2 aromatic carbocycles. The molecule has 0 spiro atoms. The van der Waals surface area contributed by atoms with Crippen LogP contribution in [0.15, 0.2) is 47.4 Å². The van der Waals surface area contributed by atoms with Crippen molar-refractivity contribution in [1.29, 1.82) is 0 Å². The van der Waals surface area contributed by atoms with Crippen LogP contribution in [-0.2, 0) is 16.3 Å². The summed E-state index contributed by atoms with van der Waals surface area (Å²) in [6.45, 7) is 0. The smallest absolute Gasteiger partial charge is 0.182 e. The minimum Gasteiger partial charge on any atom is -0.489 e. The highest BCUT2D eigenvalue weighted by atomic mass is 32.2. The highest BCUT2D eigenvalue weighted by Gasteiger charge is 2.29. The Kier molecular flexibility index (Phi) is 3.41. The van der Waals surface area contributed by atoms with Gasteiger partial charge < -0.3 is 4.74 Å². The number of halogens is 2. The summed E-state index contributed by atoms with van der Waals surface area (Å²) in [5.74, 6) is -0.761. The lowest BCUT2D eigenvalue weighted by Crippen LogP contribution is -2.25. The van der Waals surface area contributed by atoms with Gasteiger partial charge in [-0.3, -0.25) is 0 Å². The van der Waals surface area contributed by atoms with Gasteiger partial charge in [0.05, 0.1) is 10.6 Å². The van der Waals surface area contributed by atoms with Gasteiger partial charge in [-0.25, -0.2) is 17.2 Å². The lowest BCUT2D eigenvalue weighted by atomic mass is 10.1. The van der Waals surface area contributed by atoms with Crippen molar-refractivity contribution in [1.82, 2.24) is 0 Å². The summed E-state index contributed by atoms with van der Waals surface area (Å²) in [5.41, 5.74) is 0.648. The predicted octanol–water partition coefficient (Wildman–Crippen LogP) is 2.74. The summed E-state index contributed by atoms with van der Waals surface area (Å²) in [5, 5.41) is 0. The van der Waals surface area contributed by atoms with E-state index >= 15 is 0 Å². The molecule has 3 rings (SSSR count). The first-order valence-electron chi connectivity index (χ1n) is 6.37. The van der Waals surface area contributed by atoms with Gasteiger partial charge in [0.15, 0.2) is 9.84 Å². The average Bonchev–Trinajstić information content (AvgIpc) is 2.79. The number of hydrogen-bond donors (Lipinski definition) is 0. The van der Waals surface area contributed by atoms with E-state index in [9.17, 15) is 17.2 Å². The van der Waals surface area contributed by atoms with Crippen molar-refractivity contribution >= 4 is 9.84 Å². The highest BCUT2D eigenvalue weighted by molar-refractivity contribution is 7.91. The van der Waals surface area contributed by atoms with Crippen LogP contribution >= 0.6 is 0 Å². The van der Waals surface area contributed by atoms with Gasteiger partial charge in [-0.2, -0.15) is 0 Å². The van der Waals surface area contributed by atoms with Crippen LogP contribution in [0.4, 0.5) is 8.78 Å². The zero-order chi connectivity index (χ0) is 15.0. The van der Waals surface area contributed by atoms with Gasteiger partial charge in [0.2, 0.25) is 0 Å². The fourth-order valence-electron chi connectivity index (χ4n) is 2.38. The standard InChI is InChI=1S/C15H12F2O3S/c16-11-2-1-3-14(8-11)21(18,19)9-13-7-10-6-12(17)4-5-15(10)20-13/h1-6,8,13H,7,9H2. The average molecular weight is 310 g/mol. The van der Waals surface area contributed by atoms with E-state index in [1.54, 1.807) is 0 Å². The van der Waals surface area contributed by atoms with E-state index < -0.39 is 21.8 Å². The van der Waals surface area contributed by atoms with Crippen LogP contribution in [0.25, 0.3) is 0 Å². The van der Waals surface area contributed by atoms with Gasteiger partial charge in [-0.1, -0.05) is 6.07 Å². The first-order chi connectivity index (χ1) is 9.94. The Balaban J connectivity index is 1.79. The summed E-state index contributed by atoms with van der Waals surface area (Å²) in [7, 11) is -3.65. The third-order valence-corrected chi connectivity index (χ3v) is 5.11. The summed E-state index contributed by atoms with van der Waals surface area (Å²) >= 11 is 0. The third kappa shape index (κ3) is 2.90. The van der Waals surface area contributed by atoms with E-state index in [2.05, 4.69) is 0 Å². The molecular weight excluding hydrogens is 298 g/mol. The van der Waals surface area contributed by atoms with Gasteiger partial charge >= 0.3 is 0 Å². The molecule has 0 saturated carbocycles. The summed E-state index contributed by atoms with van der Waals surface area (Å²) < 4.78 is 56.2. The number of sulfone groups is 1. The number of ether oxygens (including phenoxy) is 1. The maximum atomic E-state index is 13.1. The summed E-state index contributed by atoms with van der Waals surface area (Å²) in [6, 6.07) is 8.95. The number of benzene rings is 2. The molecule has 3 nitrogen and oxygen atoms in total. The molecule has 0 bridgehead atoms. The Morgan fingerprint density at radius 2 is 1.86 bits per heavy atom. The fourth-order valence-corrected chi connectivity index (χ4v) is 3.83. The fraction of sp³-hybridized carbons (Fsp3) is 0.200.